The van der Waals surface area contributed by atoms with Crippen LogP contribution < -0.4 is 0 Å². The van der Waals surface area contributed by atoms with Gasteiger partial charge in [-0.2, -0.15) is 13.2 Å². The molecule has 0 spiro atoms. The minimum Gasteiger partial charge on any atom is -0.391 e. The Bertz CT molecular complexity index is 513. The van der Waals surface area contributed by atoms with E-state index in [1.54, 1.807) is 4.90 Å². The molecule has 1 amide bonds. The van der Waals surface area contributed by atoms with Gasteiger partial charge in [-0.25, -0.2) is 0 Å². The molecule has 22 heavy (non-hydrogen) atoms. The lowest BCUT2D eigenvalue weighted by atomic mass is 9.95. The van der Waals surface area contributed by atoms with Crippen molar-refractivity contribution in [2.24, 2.45) is 0 Å². The molecule has 1 aliphatic heterocycles. The van der Waals surface area contributed by atoms with Gasteiger partial charge < -0.3 is 10.0 Å². The van der Waals surface area contributed by atoms with Crippen molar-refractivity contribution in [1.82, 2.24) is 4.90 Å². The van der Waals surface area contributed by atoms with Gasteiger partial charge in [-0.1, -0.05) is 19.1 Å². The van der Waals surface area contributed by atoms with E-state index in [1.165, 1.54) is 12.1 Å². The zero-order valence-electron chi connectivity index (χ0n) is 12.4. The van der Waals surface area contributed by atoms with E-state index in [4.69, 9.17) is 0 Å². The highest BCUT2D eigenvalue weighted by Crippen LogP contribution is 2.30. The van der Waals surface area contributed by atoms with E-state index in [0.717, 1.165) is 18.6 Å². The molecule has 1 fully saturated rings. The van der Waals surface area contributed by atoms with Gasteiger partial charge in [-0.05, 0) is 36.5 Å². The van der Waals surface area contributed by atoms with Crippen LogP contribution in [0.3, 0.4) is 0 Å². The van der Waals surface area contributed by atoms with E-state index in [1.807, 2.05) is 6.92 Å². The van der Waals surface area contributed by atoms with Gasteiger partial charge in [0.2, 0.25) is 5.91 Å². The molecule has 3 nitrogen and oxygen atoms in total. The van der Waals surface area contributed by atoms with E-state index in [2.05, 4.69) is 0 Å². The van der Waals surface area contributed by atoms with E-state index < -0.39 is 17.8 Å². The summed E-state index contributed by atoms with van der Waals surface area (Å²) in [7, 11) is 0. The summed E-state index contributed by atoms with van der Waals surface area (Å²) in [5.41, 5.74) is 0.0211. The molecule has 6 heteroatoms. The molecule has 2 atom stereocenters. The minimum absolute atomic E-state index is 0.0638. The summed E-state index contributed by atoms with van der Waals surface area (Å²) < 4.78 is 37.6. The minimum atomic E-state index is -4.35. The number of aliphatic hydroxyl groups is 1. The lowest BCUT2D eigenvalue weighted by molar-refractivity contribution is -0.137. The van der Waals surface area contributed by atoms with Gasteiger partial charge in [0, 0.05) is 19.5 Å². The Morgan fingerprint density at radius 2 is 2.00 bits per heavy atom. The first-order valence-electron chi connectivity index (χ1n) is 7.40. The third-order valence-corrected chi connectivity index (χ3v) is 4.04. The number of nitrogens with zero attached hydrogens (tertiary/aromatic N) is 1. The molecule has 0 aliphatic carbocycles. The molecular weight excluding hydrogens is 295 g/mol. The highest BCUT2D eigenvalue weighted by Gasteiger charge is 2.30. The van der Waals surface area contributed by atoms with Gasteiger partial charge in [0.15, 0.2) is 0 Å². The van der Waals surface area contributed by atoms with Crippen molar-refractivity contribution in [1.29, 1.82) is 0 Å². The number of hydrogen-bond acceptors (Lipinski definition) is 2. The number of likely N-dealkylation sites (tertiary alicyclic amines) is 1. The maximum atomic E-state index is 12.5. The summed E-state index contributed by atoms with van der Waals surface area (Å²) in [5, 5.41) is 9.59. The highest BCUT2D eigenvalue weighted by molar-refractivity contribution is 5.77. The fraction of sp³-hybridized carbons (Fsp3) is 0.562. The van der Waals surface area contributed by atoms with E-state index in [-0.39, 0.29) is 18.2 Å². The van der Waals surface area contributed by atoms with Crippen molar-refractivity contribution in [3.05, 3.63) is 35.4 Å². The van der Waals surface area contributed by atoms with Crippen LogP contribution in [0.2, 0.25) is 0 Å². The van der Waals surface area contributed by atoms with E-state index in [9.17, 15) is 23.1 Å². The summed E-state index contributed by atoms with van der Waals surface area (Å²) in [6.07, 6.45) is -3.10. The Kier molecular flexibility index (Phi) is 5.11. The first-order valence-corrected chi connectivity index (χ1v) is 7.40. The highest BCUT2D eigenvalue weighted by atomic mass is 19.4. The van der Waals surface area contributed by atoms with Crippen molar-refractivity contribution in [2.75, 3.05) is 13.1 Å². The number of hydrogen-bond donors (Lipinski definition) is 1. The largest absolute Gasteiger partial charge is 0.416 e. The predicted molar refractivity (Wildman–Crippen MR) is 76.3 cm³/mol. The number of amides is 1. The second-order valence-corrected chi connectivity index (χ2v) is 5.86. The molecule has 0 saturated carbocycles. The van der Waals surface area contributed by atoms with E-state index >= 15 is 0 Å². The molecule has 1 aromatic carbocycles. The van der Waals surface area contributed by atoms with Crippen molar-refractivity contribution in [3.8, 4) is 0 Å². The SMILES string of the molecule is CC(CC(=O)N1CCCC(O)C1)c1ccc(C(F)(F)F)cc1. The molecule has 1 aliphatic rings. The number of alkyl halides is 3. The van der Waals surface area contributed by atoms with Crippen LogP contribution in [0, 0.1) is 0 Å². The number of halogens is 3. The Labute approximate surface area is 127 Å². The van der Waals surface area contributed by atoms with Gasteiger partial charge >= 0.3 is 6.18 Å². The van der Waals surface area contributed by atoms with Crippen LogP contribution in [-0.2, 0) is 11.0 Å². The number of carbonyl (C=O) groups excluding carboxylic acids is 1. The molecule has 122 valence electrons. The molecule has 1 saturated heterocycles. The lowest BCUT2D eigenvalue weighted by Crippen LogP contribution is -2.42. The van der Waals surface area contributed by atoms with Gasteiger partial charge in [0.25, 0.3) is 0 Å². The quantitative estimate of drug-likeness (QED) is 0.930. The Hall–Kier alpha value is -1.56. The van der Waals surface area contributed by atoms with Gasteiger partial charge in [-0.3, -0.25) is 4.79 Å². The molecule has 0 bridgehead atoms. The molecular formula is C16H20F3NO2. The molecule has 2 rings (SSSR count). The maximum Gasteiger partial charge on any atom is 0.416 e. The smallest absolute Gasteiger partial charge is 0.391 e. The molecule has 2 unspecified atom stereocenters. The van der Waals surface area contributed by atoms with Crippen molar-refractivity contribution < 1.29 is 23.1 Å². The molecule has 0 aromatic heterocycles. The van der Waals surface area contributed by atoms with Crippen LogP contribution in [0.15, 0.2) is 24.3 Å². The number of rotatable bonds is 3. The number of β-amino-alcohol motifs (C(OH)–C–C–N with tert-alkyl or cyclic N) is 1. The van der Waals surface area contributed by atoms with Crippen LogP contribution >= 0.6 is 0 Å². The zero-order chi connectivity index (χ0) is 16.3. The Balaban J connectivity index is 1.96. The average Bonchev–Trinajstić information content (AvgIpc) is 2.46. The van der Waals surface area contributed by atoms with Crippen LogP contribution in [0.5, 0.6) is 0 Å². The predicted octanol–water partition coefficient (Wildman–Crippen LogP) is 3.18. The standard InChI is InChI=1S/C16H20F3NO2/c1-11(9-15(22)20-8-2-3-14(21)10-20)12-4-6-13(7-5-12)16(17,18)19/h4-7,11,14,21H,2-3,8-10H2,1H3. The van der Waals surface area contributed by atoms with E-state index in [0.29, 0.717) is 25.1 Å². The summed E-state index contributed by atoms with van der Waals surface area (Å²) in [6.45, 7) is 2.80. The summed E-state index contributed by atoms with van der Waals surface area (Å²) >= 11 is 0. The monoisotopic (exact) mass is 315 g/mol. The van der Waals surface area contributed by atoms with Crippen LogP contribution in [-0.4, -0.2) is 35.1 Å². The lowest BCUT2D eigenvalue weighted by Gasteiger charge is -2.31. The molecule has 1 aromatic rings. The number of aliphatic hydroxyl groups excluding tert-OH is 1. The third kappa shape index (κ3) is 4.22. The molecule has 1 N–H and O–H groups in total. The van der Waals surface area contributed by atoms with Crippen molar-refractivity contribution >= 4 is 5.91 Å². The number of carbonyl (C=O) groups is 1. The second-order valence-electron chi connectivity index (χ2n) is 5.86. The Morgan fingerprint density at radius 3 is 2.55 bits per heavy atom. The average molecular weight is 315 g/mol. The third-order valence-electron chi connectivity index (χ3n) is 4.04. The van der Waals surface area contributed by atoms with Gasteiger partial charge in [0.05, 0.1) is 11.7 Å². The Morgan fingerprint density at radius 1 is 1.36 bits per heavy atom. The van der Waals surface area contributed by atoms with Crippen LogP contribution in [0.4, 0.5) is 13.2 Å². The molecule has 0 radical (unpaired) electrons. The van der Waals surface area contributed by atoms with Crippen LogP contribution in [0.1, 0.15) is 43.2 Å². The van der Waals surface area contributed by atoms with Crippen molar-refractivity contribution in [3.63, 3.8) is 0 Å². The summed E-state index contributed by atoms with van der Waals surface area (Å²) in [4.78, 5) is 13.8. The summed E-state index contributed by atoms with van der Waals surface area (Å²) in [5.74, 6) is -0.222. The fourth-order valence-electron chi connectivity index (χ4n) is 2.69. The van der Waals surface area contributed by atoms with Crippen molar-refractivity contribution in [2.45, 2.75) is 44.4 Å². The number of benzene rings is 1. The first-order chi connectivity index (χ1) is 10.3. The summed E-state index contributed by atoms with van der Waals surface area (Å²) in [6, 6.07) is 4.93. The topological polar surface area (TPSA) is 40.5 Å². The zero-order valence-corrected chi connectivity index (χ0v) is 12.4. The second kappa shape index (κ2) is 6.69. The number of piperidine rings is 1. The first kappa shape index (κ1) is 16.8. The van der Waals surface area contributed by atoms with Gasteiger partial charge in [0.1, 0.15) is 0 Å². The van der Waals surface area contributed by atoms with Gasteiger partial charge in [-0.15, -0.1) is 0 Å². The maximum absolute atomic E-state index is 12.5. The normalized spacial score (nSPS) is 20.8. The fourth-order valence-corrected chi connectivity index (χ4v) is 2.69. The molecule has 1 heterocycles. The van der Waals surface area contributed by atoms with Crippen LogP contribution in [0.25, 0.3) is 0 Å².